The van der Waals surface area contributed by atoms with Crippen LogP contribution in [0.4, 0.5) is 0 Å². The Hall–Kier alpha value is -4.83. The van der Waals surface area contributed by atoms with Crippen LogP contribution in [-0.2, 0) is 0 Å². The summed E-state index contributed by atoms with van der Waals surface area (Å²) in [5.74, 6) is 1.36. The van der Waals surface area contributed by atoms with Crippen LogP contribution in [0.2, 0.25) is 0 Å². The van der Waals surface area contributed by atoms with Crippen LogP contribution in [0.25, 0.3) is 54.9 Å². The van der Waals surface area contributed by atoms with Crippen LogP contribution in [-0.4, -0.2) is 9.13 Å². The summed E-state index contributed by atoms with van der Waals surface area (Å²) in [6.45, 7) is 0. The van der Waals surface area contributed by atoms with E-state index in [2.05, 4.69) is 65.2 Å². The Morgan fingerprint density at radius 2 is 1.11 bits per heavy atom. The van der Waals surface area contributed by atoms with Gasteiger partial charge in [-0.25, -0.2) is 0 Å². The number of fused-ring (bicyclic) bond motifs is 7. The van der Waals surface area contributed by atoms with Gasteiger partial charge >= 0.3 is 0 Å². The van der Waals surface area contributed by atoms with Gasteiger partial charge in [-0.1, -0.05) is 66.7 Å². The third kappa shape index (κ3) is 2.38. The highest BCUT2D eigenvalue weighted by molar-refractivity contribution is 6.12. The van der Waals surface area contributed by atoms with Gasteiger partial charge in [-0.3, -0.25) is 9.36 Å². The first-order chi connectivity index (χ1) is 17.3. The molecule has 5 aromatic carbocycles. The quantitative estimate of drug-likeness (QED) is 0.245. The second-order valence-electron chi connectivity index (χ2n) is 8.97. The van der Waals surface area contributed by atoms with Gasteiger partial charge in [-0.05, 0) is 41.8 Å². The van der Waals surface area contributed by atoms with Crippen molar-refractivity contribution in [1.29, 1.82) is 0 Å². The summed E-state index contributed by atoms with van der Waals surface area (Å²) >= 11 is 0. The fraction of sp³-hybridized carbons (Fsp3) is 0. The van der Waals surface area contributed by atoms with Crippen LogP contribution in [0.3, 0.4) is 0 Å². The van der Waals surface area contributed by atoms with Gasteiger partial charge in [0.15, 0.2) is 11.5 Å². The fourth-order valence-electron chi connectivity index (χ4n) is 5.64. The van der Waals surface area contributed by atoms with Crippen molar-refractivity contribution >= 4 is 43.5 Å². The molecule has 8 rings (SSSR count). The largest absolute Gasteiger partial charge is 0.453 e. The Kier molecular flexibility index (Phi) is 3.51. The van der Waals surface area contributed by atoms with Gasteiger partial charge < -0.3 is 9.30 Å². The van der Waals surface area contributed by atoms with Crippen molar-refractivity contribution in [3.8, 4) is 22.9 Å². The molecule has 3 heterocycles. The van der Waals surface area contributed by atoms with E-state index in [1.54, 1.807) is 0 Å². The predicted molar refractivity (Wildman–Crippen MR) is 141 cm³/mol. The average Bonchev–Trinajstić information content (AvgIpc) is 3.25. The molecule has 1 aliphatic rings. The van der Waals surface area contributed by atoms with Gasteiger partial charge in [0.25, 0.3) is 5.56 Å². The zero-order valence-electron chi connectivity index (χ0n) is 18.6. The summed E-state index contributed by atoms with van der Waals surface area (Å²) < 4.78 is 10.5. The number of benzene rings is 5. The van der Waals surface area contributed by atoms with E-state index in [9.17, 15) is 4.79 Å². The third-order valence-electron chi connectivity index (χ3n) is 7.10. The number of rotatable bonds is 1. The highest BCUT2D eigenvalue weighted by atomic mass is 16.5. The first kappa shape index (κ1) is 18.6. The van der Waals surface area contributed by atoms with Crippen molar-refractivity contribution < 1.29 is 4.74 Å². The molecule has 2 aromatic heterocycles. The molecule has 35 heavy (non-hydrogen) atoms. The van der Waals surface area contributed by atoms with Crippen molar-refractivity contribution in [2.45, 2.75) is 0 Å². The zero-order chi connectivity index (χ0) is 23.1. The molecular formula is C31H18N2O2. The van der Waals surface area contributed by atoms with Crippen LogP contribution < -0.4 is 10.3 Å². The maximum Gasteiger partial charge on any atom is 0.263 e. The first-order valence-corrected chi connectivity index (χ1v) is 11.7. The van der Waals surface area contributed by atoms with Crippen LogP contribution in [0.15, 0.2) is 114 Å². The molecule has 0 radical (unpaired) electrons. The van der Waals surface area contributed by atoms with Gasteiger partial charge in [-0.15, -0.1) is 0 Å². The standard InChI is InChI=1S/C31H18N2O2/c34-31-23-12-2-1-9-20(23)24-17-19(18-29-30(24)33(31)27-15-7-8-16-28(27)35-29)32-25-13-5-3-10-21(25)22-11-4-6-14-26(22)32/h1-18H. The molecule has 7 aromatic rings. The Balaban J connectivity index is 1.59. The maximum atomic E-state index is 13.7. The lowest BCUT2D eigenvalue weighted by atomic mass is 10.0. The third-order valence-corrected chi connectivity index (χ3v) is 7.10. The maximum absolute atomic E-state index is 13.7. The number of pyridine rings is 1. The van der Waals surface area contributed by atoms with Crippen LogP contribution in [0, 0.1) is 0 Å². The molecule has 0 atom stereocenters. The average molecular weight is 450 g/mol. The van der Waals surface area contributed by atoms with Gasteiger partial charge in [-0.2, -0.15) is 0 Å². The first-order valence-electron chi connectivity index (χ1n) is 11.7. The van der Waals surface area contributed by atoms with E-state index in [4.69, 9.17) is 4.74 Å². The minimum atomic E-state index is -0.0327. The Morgan fingerprint density at radius 3 is 1.86 bits per heavy atom. The normalized spacial score (nSPS) is 12.3. The molecule has 0 spiro atoms. The van der Waals surface area contributed by atoms with Crippen molar-refractivity contribution in [2.75, 3.05) is 0 Å². The van der Waals surface area contributed by atoms with E-state index in [0.29, 0.717) is 16.9 Å². The number of aromatic nitrogens is 2. The summed E-state index contributed by atoms with van der Waals surface area (Å²) in [4.78, 5) is 13.7. The fourth-order valence-corrected chi connectivity index (χ4v) is 5.64. The summed E-state index contributed by atoms with van der Waals surface area (Å²) in [6, 6.07) is 36.8. The number of hydrogen-bond donors (Lipinski definition) is 0. The summed E-state index contributed by atoms with van der Waals surface area (Å²) in [5.41, 5.74) is 4.81. The smallest absolute Gasteiger partial charge is 0.263 e. The number of hydrogen-bond acceptors (Lipinski definition) is 2. The lowest BCUT2D eigenvalue weighted by molar-refractivity contribution is 0.474. The molecule has 0 bridgehead atoms. The van der Waals surface area contributed by atoms with E-state index >= 15 is 0 Å². The molecule has 0 aliphatic carbocycles. The highest BCUT2D eigenvalue weighted by Crippen LogP contribution is 2.43. The molecule has 0 amide bonds. The molecule has 0 unspecified atom stereocenters. The van der Waals surface area contributed by atoms with Crippen molar-refractivity contribution in [1.82, 2.24) is 9.13 Å². The minimum absolute atomic E-state index is 0.0327. The lowest BCUT2D eigenvalue weighted by Gasteiger charge is -2.24. The highest BCUT2D eigenvalue weighted by Gasteiger charge is 2.25. The summed E-state index contributed by atoms with van der Waals surface area (Å²) in [5, 5.41) is 5.03. The van der Waals surface area contributed by atoms with Crippen LogP contribution in [0.1, 0.15) is 0 Å². The summed E-state index contributed by atoms with van der Waals surface area (Å²) in [7, 11) is 0. The molecule has 0 fully saturated rings. The Labute approximate surface area is 199 Å². The molecule has 0 saturated heterocycles. The van der Waals surface area contributed by atoms with Crippen molar-refractivity contribution in [3.63, 3.8) is 0 Å². The number of nitrogens with zero attached hydrogens (tertiary/aromatic N) is 2. The molecule has 0 N–H and O–H groups in total. The van der Waals surface area contributed by atoms with E-state index in [1.807, 2.05) is 53.1 Å². The number of ether oxygens (including phenoxy) is 1. The lowest BCUT2D eigenvalue weighted by Crippen LogP contribution is -2.22. The monoisotopic (exact) mass is 450 g/mol. The zero-order valence-corrected chi connectivity index (χ0v) is 18.6. The molecular weight excluding hydrogens is 432 g/mol. The summed E-state index contributed by atoms with van der Waals surface area (Å²) in [6.07, 6.45) is 0. The van der Waals surface area contributed by atoms with Gasteiger partial charge in [0.05, 0.1) is 22.4 Å². The van der Waals surface area contributed by atoms with Gasteiger partial charge in [0, 0.05) is 27.6 Å². The van der Waals surface area contributed by atoms with Gasteiger partial charge in [0.1, 0.15) is 5.52 Å². The molecule has 0 saturated carbocycles. The van der Waals surface area contributed by atoms with Crippen molar-refractivity contribution in [2.24, 2.45) is 0 Å². The number of para-hydroxylation sites is 4. The van der Waals surface area contributed by atoms with Crippen LogP contribution in [0.5, 0.6) is 11.5 Å². The second kappa shape index (κ2) is 6.61. The molecule has 164 valence electrons. The van der Waals surface area contributed by atoms with E-state index in [1.165, 1.54) is 10.8 Å². The minimum Gasteiger partial charge on any atom is -0.453 e. The van der Waals surface area contributed by atoms with Gasteiger partial charge in [0.2, 0.25) is 0 Å². The van der Waals surface area contributed by atoms with Crippen molar-refractivity contribution in [3.05, 3.63) is 120 Å². The Bertz CT molecular complexity index is 2010. The second-order valence-corrected chi connectivity index (χ2v) is 8.97. The van der Waals surface area contributed by atoms with E-state index < -0.39 is 0 Å². The van der Waals surface area contributed by atoms with Crippen LogP contribution >= 0.6 is 0 Å². The predicted octanol–water partition coefficient (Wildman–Crippen LogP) is 7.35. The molecule has 4 heteroatoms. The topological polar surface area (TPSA) is 36.2 Å². The Morgan fingerprint density at radius 1 is 0.514 bits per heavy atom. The van der Waals surface area contributed by atoms with E-state index in [0.717, 1.165) is 38.7 Å². The molecule has 1 aliphatic heterocycles. The SMILES string of the molecule is O=c1c2ccccc2c2cc(-n3c4ccccc4c4ccccc43)cc3c2n1-c1ccccc1O3. The molecule has 4 nitrogen and oxygen atoms in total. The van der Waals surface area contributed by atoms with E-state index in [-0.39, 0.29) is 5.56 Å².